The molecule has 1 heterocycles. The summed E-state index contributed by atoms with van der Waals surface area (Å²) in [5.41, 5.74) is 2.81. The van der Waals surface area contributed by atoms with E-state index in [9.17, 15) is 4.79 Å². The number of aromatic nitrogens is 1. The number of nitrogens with zero attached hydrogens (tertiary/aromatic N) is 1. The lowest BCUT2D eigenvalue weighted by Crippen LogP contribution is -2.10. The molecule has 5 nitrogen and oxygen atoms in total. The molecule has 3 aromatic rings. The van der Waals surface area contributed by atoms with Crippen LogP contribution in [0.5, 0.6) is 5.75 Å². The molecule has 0 fully saturated rings. The van der Waals surface area contributed by atoms with Crippen LogP contribution in [0.15, 0.2) is 40.8 Å². The molecule has 0 aliphatic heterocycles. The van der Waals surface area contributed by atoms with Gasteiger partial charge in [0.25, 0.3) is 0 Å². The highest BCUT2D eigenvalue weighted by Gasteiger charge is 2.12. The van der Waals surface area contributed by atoms with Crippen LogP contribution in [0.4, 0.5) is 5.69 Å². The van der Waals surface area contributed by atoms with Crippen molar-refractivity contribution in [3.63, 3.8) is 0 Å². The van der Waals surface area contributed by atoms with Crippen molar-refractivity contribution >= 4 is 34.3 Å². The molecule has 0 radical (unpaired) electrons. The number of nitrogens with one attached hydrogen (secondary N) is 1. The average Bonchev–Trinajstić information content (AvgIpc) is 3.08. The Morgan fingerprint density at radius 2 is 2.04 bits per heavy atom. The van der Waals surface area contributed by atoms with E-state index in [-0.39, 0.29) is 5.91 Å². The fraction of sp³-hybridized carbons (Fsp3) is 0.333. The molecule has 3 rings (SSSR count). The summed E-state index contributed by atoms with van der Waals surface area (Å²) in [5, 5.41) is 3.42. The summed E-state index contributed by atoms with van der Waals surface area (Å²) in [4.78, 5) is 16.6. The Morgan fingerprint density at radius 1 is 1.19 bits per heavy atom. The van der Waals surface area contributed by atoms with Gasteiger partial charge in [-0.25, -0.2) is 4.98 Å². The van der Waals surface area contributed by atoms with E-state index in [2.05, 4.69) is 17.2 Å². The minimum Gasteiger partial charge on any atom is -0.495 e. The van der Waals surface area contributed by atoms with Gasteiger partial charge in [-0.15, -0.1) is 0 Å². The Bertz CT molecular complexity index is 936. The molecule has 1 aromatic heterocycles. The predicted molar refractivity (Wildman–Crippen MR) is 108 cm³/mol. The third kappa shape index (κ3) is 4.80. The molecule has 0 aliphatic carbocycles. The topological polar surface area (TPSA) is 64.4 Å². The van der Waals surface area contributed by atoms with Gasteiger partial charge in [-0.1, -0.05) is 37.8 Å². The SMILES string of the molecule is CCCCCCC(=O)Nc1ccc2oc(-c3ccc(OC)c(Cl)c3)nc2c1. The van der Waals surface area contributed by atoms with Gasteiger partial charge in [-0.05, 0) is 42.8 Å². The number of methoxy groups -OCH3 is 1. The van der Waals surface area contributed by atoms with Crippen LogP contribution < -0.4 is 10.1 Å². The summed E-state index contributed by atoms with van der Waals surface area (Å²) < 4.78 is 11.0. The standard InChI is InChI=1S/C21H23ClN2O3/c1-3-4-5-6-7-20(25)23-15-9-11-19-17(13-15)24-21(27-19)14-8-10-18(26-2)16(22)12-14/h8-13H,3-7H2,1-2H3,(H,23,25). The van der Waals surface area contributed by atoms with Gasteiger partial charge >= 0.3 is 0 Å². The fourth-order valence-corrected chi connectivity index (χ4v) is 3.12. The largest absolute Gasteiger partial charge is 0.495 e. The van der Waals surface area contributed by atoms with E-state index in [0.717, 1.165) is 36.9 Å². The van der Waals surface area contributed by atoms with Gasteiger partial charge in [0.15, 0.2) is 5.58 Å². The second-order valence-corrected chi connectivity index (χ2v) is 6.82. The Labute approximate surface area is 163 Å². The molecule has 1 amide bonds. The first-order chi connectivity index (χ1) is 13.1. The summed E-state index contributed by atoms with van der Waals surface area (Å²) in [5.74, 6) is 1.09. The number of benzene rings is 2. The van der Waals surface area contributed by atoms with E-state index < -0.39 is 0 Å². The molecule has 0 saturated carbocycles. The van der Waals surface area contributed by atoms with Crippen LogP contribution in [-0.4, -0.2) is 18.0 Å². The Morgan fingerprint density at radius 3 is 2.78 bits per heavy atom. The van der Waals surface area contributed by atoms with Gasteiger partial charge in [-0.2, -0.15) is 0 Å². The van der Waals surface area contributed by atoms with Crippen LogP contribution in [-0.2, 0) is 4.79 Å². The van der Waals surface area contributed by atoms with Gasteiger partial charge in [0.05, 0.1) is 12.1 Å². The van der Waals surface area contributed by atoms with E-state index in [1.807, 2.05) is 24.3 Å². The molecule has 0 aliphatic rings. The summed E-state index contributed by atoms with van der Waals surface area (Å²) in [6, 6.07) is 10.8. The van der Waals surface area contributed by atoms with E-state index in [0.29, 0.717) is 34.2 Å². The van der Waals surface area contributed by atoms with Gasteiger partial charge < -0.3 is 14.5 Å². The van der Waals surface area contributed by atoms with Crippen molar-refractivity contribution in [1.82, 2.24) is 4.98 Å². The normalized spacial score (nSPS) is 10.9. The molecule has 0 spiro atoms. The van der Waals surface area contributed by atoms with Crippen LogP contribution in [0.1, 0.15) is 39.0 Å². The van der Waals surface area contributed by atoms with Gasteiger partial charge in [0.2, 0.25) is 11.8 Å². The van der Waals surface area contributed by atoms with Crippen molar-refractivity contribution in [2.24, 2.45) is 0 Å². The number of carbonyl (C=O) groups is 1. The number of oxazole rings is 1. The van der Waals surface area contributed by atoms with Crippen LogP contribution in [0.3, 0.4) is 0 Å². The monoisotopic (exact) mass is 386 g/mol. The third-order valence-electron chi connectivity index (χ3n) is 4.33. The molecule has 6 heteroatoms. The zero-order valence-corrected chi connectivity index (χ0v) is 16.3. The van der Waals surface area contributed by atoms with Crippen molar-refractivity contribution in [3.8, 4) is 17.2 Å². The number of hydrogen-bond donors (Lipinski definition) is 1. The van der Waals surface area contributed by atoms with Gasteiger partial charge in [-0.3, -0.25) is 4.79 Å². The maximum absolute atomic E-state index is 12.1. The summed E-state index contributed by atoms with van der Waals surface area (Å²) in [6.45, 7) is 2.15. The third-order valence-corrected chi connectivity index (χ3v) is 4.62. The quantitative estimate of drug-likeness (QED) is 0.477. The highest BCUT2D eigenvalue weighted by Crippen LogP contribution is 2.32. The first-order valence-corrected chi connectivity index (χ1v) is 9.53. The number of anilines is 1. The smallest absolute Gasteiger partial charge is 0.227 e. The molecular weight excluding hydrogens is 364 g/mol. The number of halogens is 1. The number of fused-ring (bicyclic) bond motifs is 1. The molecular formula is C21H23ClN2O3. The lowest BCUT2D eigenvalue weighted by molar-refractivity contribution is -0.116. The van der Waals surface area contributed by atoms with Crippen LogP contribution in [0.25, 0.3) is 22.6 Å². The predicted octanol–water partition coefficient (Wildman–Crippen LogP) is 6.07. The average molecular weight is 387 g/mol. The lowest BCUT2D eigenvalue weighted by atomic mass is 10.1. The lowest BCUT2D eigenvalue weighted by Gasteiger charge is -2.04. The summed E-state index contributed by atoms with van der Waals surface area (Å²) >= 11 is 6.18. The Hall–Kier alpha value is -2.53. The number of unbranched alkanes of at least 4 members (excludes halogenated alkanes) is 3. The molecule has 27 heavy (non-hydrogen) atoms. The molecule has 0 bridgehead atoms. The highest BCUT2D eigenvalue weighted by molar-refractivity contribution is 6.32. The van der Waals surface area contributed by atoms with Crippen LogP contribution in [0.2, 0.25) is 5.02 Å². The second kappa shape index (κ2) is 8.91. The zero-order chi connectivity index (χ0) is 19.2. The van der Waals surface area contributed by atoms with E-state index in [4.69, 9.17) is 20.8 Å². The van der Waals surface area contributed by atoms with Gasteiger partial charge in [0.1, 0.15) is 11.3 Å². The van der Waals surface area contributed by atoms with Crippen LogP contribution >= 0.6 is 11.6 Å². The molecule has 1 N–H and O–H groups in total. The van der Waals surface area contributed by atoms with E-state index >= 15 is 0 Å². The van der Waals surface area contributed by atoms with Crippen molar-refractivity contribution in [3.05, 3.63) is 41.4 Å². The minimum absolute atomic E-state index is 0.0242. The van der Waals surface area contributed by atoms with E-state index in [1.165, 1.54) is 0 Å². The molecule has 142 valence electrons. The number of carbonyl (C=O) groups excluding carboxylic acids is 1. The van der Waals surface area contributed by atoms with Crippen molar-refractivity contribution in [2.45, 2.75) is 39.0 Å². The maximum Gasteiger partial charge on any atom is 0.227 e. The van der Waals surface area contributed by atoms with Crippen molar-refractivity contribution in [1.29, 1.82) is 0 Å². The van der Waals surface area contributed by atoms with Crippen molar-refractivity contribution in [2.75, 3.05) is 12.4 Å². The zero-order valence-electron chi connectivity index (χ0n) is 15.5. The van der Waals surface area contributed by atoms with Crippen molar-refractivity contribution < 1.29 is 13.9 Å². The minimum atomic E-state index is 0.0242. The molecule has 2 aromatic carbocycles. The first kappa shape index (κ1) is 19.2. The summed E-state index contributed by atoms with van der Waals surface area (Å²) in [7, 11) is 1.57. The number of ether oxygens (including phenoxy) is 1. The van der Waals surface area contributed by atoms with Gasteiger partial charge in [0, 0.05) is 17.7 Å². The molecule has 0 saturated heterocycles. The fourth-order valence-electron chi connectivity index (χ4n) is 2.86. The number of amides is 1. The Kier molecular flexibility index (Phi) is 6.35. The highest BCUT2D eigenvalue weighted by atomic mass is 35.5. The van der Waals surface area contributed by atoms with E-state index in [1.54, 1.807) is 19.2 Å². The first-order valence-electron chi connectivity index (χ1n) is 9.15. The second-order valence-electron chi connectivity index (χ2n) is 6.41. The van der Waals surface area contributed by atoms with Crippen LogP contribution in [0, 0.1) is 0 Å². The Balaban J connectivity index is 1.73. The maximum atomic E-state index is 12.1. The molecule has 0 atom stereocenters. The number of hydrogen-bond acceptors (Lipinski definition) is 4. The molecule has 0 unspecified atom stereocenters. The number of rotatable bonds is 8. The summed E-state index contributed by atoms with van der Waals surface area (Å²) in [6.07, 6.45) is 4.85.